The molecule has 0 heterocycles. The molecule has 0 aromatic heterocycles. The van der Waals surface area contributed by atoms with Crippen molar-refractivity contribution < 1.29 is 14.3 Å². The van der Waals surface area contributed by atoms with Crippen LogP contribution in [0.15, 0.2) is 23.3 Å². The molecule has 39 heavy (non-hydrogen) atoms. The minimum absolute atomic E-state index is 0.0791. The molecule has 0 amide bonds. The third kappa shape index (κ3) is 3.79. The largest absolute Gasteiger partial charge is 0.462 e. The number of allylic oxidation sites excluding steroid dienone is 3. The van der Waals surface area contributed by atoms with Crippen molar-refractivity contribution >= 4 is 12.3 Å². The van der Waals surface area contributed by atoms with Crippen LogP contribution >= 0.6 is 0 Å². The van der Waals surface area contributed by atoms with Gasteiger partial charge < -0.3 is 9.53 Å². The highest BCUT2D eigenvalue weighted by Gasteiger charge is 2.64. The highest BCUT2D eigenvalue weighted by atomic mass is 16.5. The van der Waals surface area contributed by atoms with Crippen molar-refractivity contribution in [2.75, 3.05) is 0 Å². The highest BCUT2D eigenvalue weighted by molar-refractivity contribution is 5.74. The molecular formula is C36H54O3. The Bertz CT molecular complexity index is 1080. The Balaban J connectivity index is 1.24. The predicted octanol–water partition coefficient (Wildman–Crippen LogP) is 8.58. The zero-order chi connectivity index (χ0) is 28.1. The van der Waals surface area contributed by atoms with E-state index in [0.717, 1.165) is 25.7 Å². The van der Waals surface area contributed by atoms with Gasteiger partial charge in [-0.25, -0.2) is 0 Å². The molecule has 5 fully saturated rings. The van der Waals surface area contributed by atoms with Gasteiger partial charge in [-0.1, -0.05) is 60.6 Å². The summed E-state index contributed by atoms with van der Waals surface area (Å²) in [6, 6.07) is 0. The molecule has 0 radical (unpaired) electrons. The monoisotopic (exact) mass is 534 g/mol. The summed E-state index contributed by atoms with van der Waals surface area (Å²) in [7, 11) is 0. The van der Waals surface area contributed by atoms with Gasteiger partial charge in [0.15, 0.2) is 0 Å². The maximum absolute atomic E-state index is 13.1. The molecule has 12 unspecified atom stereocenters. The lowest BCUT2D eigenvalue weighted by molar-refractivity contribution is -0.195. The van der Waals surface area contributed by atoms with Crippen molar-refractivity contribution in [2.24, 2.45) is 69.5 Å². The third-order valence-electron chi connectivity index (χ3n) is 14.3. The van der Waals surface area contributed by atoms with E-state index >= 15 is 0 Å². The van der Waals surface area contributed by atoms with E-state index < -0.39 is 0 Å². The van der Waals surface area contributed by atoms with Crippen LogP contribution in [-0.4, -0.2) is 18.4 Å². The Morgan fingerprint density at radius 2 is 1.62 bits per heavy atom. The standard InChI is InChI=1S/C36H54O3/c1-20(2)31-22(4)18-36(19-37)16-12-28-25(32(31)36)9-10-30-34(7)15-13-29(24(6)27(34)11-14-35(28,30)8)39-33(38)26-17-21(3)23(26)5/h19-21,23-30H,4,9-18H2,1-3,5-8H3. The van der Waals surface area contributed by atoms with E-state index in [1.54, 1.807) is 0 Å². The minimum atomic E-state index is -0.270. The first kappa shape index (κ1) is 27.8. The van der Waals surface area contributed by atoms with Crippen molar-refractivity contribution in [2.45, 2.75) is 119 Å². The van der Waals surface area contributed by atoms with Gasteiger partial charge in [-0.2, -0.15) is 0 Å². The number of hydrogen-bond donors (Lipinski definition) is 0. The van der Waals surface area contributed by atoms with E-state index in [4.69, 9.17) is 4.74 Å². The Morgan fingerprint density at radius 1 is 0.949 bits per heavy atom. The molecule has 0 N–H and O–H groups in total. The smallest absolute Gasteiger partial charge is 0.309 e. The van der Waals surface area contributed by atoms with E-state index in [9.17, 15) is 9.59 Å². The zero-order valence-corrected chi connectivity index (χ0v) is 25.9. The molecule has 0 bridgehead atoms. The minimum Gasteiger partial charge on any atom is -0.462 e. The molecule has 216 valence electrons. The van der Waals surface area contributed by atoms with Gasteiger partial charge in [0.2, 0.25) is 0 Å². The van der Waals surface area contributed by atoms with Crippen molar-refractivity contribution in [1.29, 1.82) is 0 Å². The normalized spacial score (nSPS) is 50.9. The summed E-state index contributed by atoms with van der Waals surface area (Å²) in [5.74, 6) is 4.74. The fourth-order valence-corrected chi connectivity index (χ4v) is 12.0. The summed E-state index contributed by atoms with van der Waals surface area (Å²) in [6.45, 7) is 21.2. The average molecular weight is 535 g/mol. The van der Waals surface area contributed by atoms with E-state index in [-0.39, 0.29) is 23.4 Å². The summed E-state index contributed by atoms with van der Waals surface area (Å²) in [5.41, 5.74) is 4.57. The number of aldehydes is 1. The number of carbonyl (C=O) groups is 2. The van der Waals surface area contributed by atoms with Crippen LogP contribution in [0.4, 0.5) is 0 Å². The predicted molar refractivity (Wildman–Crippen MR) is 157 cm³/mol. The lowest BCUT2D eigenvalue weighted by atomic mass is 9.38. The molecule has 6 aliphatic carbocycles. The first-order chi connectivity index (χ1) is 18.4. The highest BCUT2D eigenvalue weighted by Crippen LogP contribution is 2.72. The Labute approximate surface area is 238 Å². The summed E-state index contributed by atoms with van der Waals surface area (Å²) >= 11 is 0. The van der Waals surface area contributed by atoms with Gasteiger partial charge >= 0.3 is 5.97 Å². The molecule has 12 atom stereocenters. The summed E-state index contributed by atoms with van der Waals surface area (Å²) in [5, 5.41) is 0. The van der Waals surface area contributed by atoms with Crippen molar-refractivity contribution in [1.82, 2.24) is 0 Å². The van der Waals surface area contributed by atoms with Crippen molar-refractivity contribution in [3.63, 3.8) is 0 Å². The van der Waals surface area contributed by atoms with Gasteiger partial charge in [-0.05, 0) is 134 Å². The van der Waals surface area contributed by atoms with Gasteiger partial charge in [0.05, 0.1) is 11.3 Å². The number of fused-ring (bicyclic) bond motifs is 7. The van der Waals surface area contributed by atoms with Crippen LogP contribution in [0.2, 0.25) is 0 Å². The summed E-state index contributed by atoms with van der Waals surface area (Å²) in [6.07, 6.45) is 12.7. The Kier molecular flexibility index (Phi) is 6.63. The first-order valence-electron chi connectivity index (χ1n) is 16.5. The molecule has 3 nitrogen and oxygen atoms in total. The molecular weight excluding hydrogens is 480 g/mol. The second-order valence-corrected chi connectivity index (χ2v) is 16.1. The summed E-state index contributed by atoms with van der Waals surface area (Å²) < 4.78 is 6.30. The average Bonchev–Trinajstić information content (AvgIpc) is 3.21. The van der Waals surface area contributed by atoms with E-state index in [0.29, 0.717) is 58.2 Å². The van der Waals surface area contributed by atoms with Gasteiger partial charge in [0.25, 0.3) is 0 Å². The maximum atomic E-state index is 13.1. The molecule has 3 heteroatoms. The van der Waals surface area contributed by atoms with Gasteiger partial charge in [-0.3, -0.25) is 4.79 Å². The molecule has 5 saturated carbocycles. The lowest BCUT2D eigenvalue weighted by Crippen LogP contribution is -2.60. The van der Waals surface area contributed by atoms with Gasteiger partial charge in [-0.15, -0.1) is 0 Å². The van der Waals surface area contributed by atoms with Gasteiger partial charge in [0.1, 0.15) is 12.4 Å². The molecule has 0 spiro atoms. The number of ether oxygens (including phenoxy) is 1. The quantitative estimate of drug-likeness (QED) is 0.268. The van der Waals surface area contributed by atoms with E-state index in [1.807, 2.05) is 0 Å². The van der Waals surface area contributed by atoms with E-state index in [1.165, 1.54) is 61.5 Å². The molecule has 0 saturated heterocycles. The molecule has 6 aliphatic rings. The zero-order valence-electron chi connectivity index (χ0n) is 25.9. The molecule has 6 rings (SSSR count). The SMILES string of the molecule is C=C1CC2(C=O)CCC3C(CCC4C3(C)CCC3C(C)C(OC(=O)C5CC(C)C5C)CCC34C)C2=C1C(C)C. The Hall–Kier alpha value is -1.38. The maximum Gasteiger partial charge on any atom is 0.309 e. The van der Waals surface area contributed by atoms with Crippen LogP contribution in [0.25, 0.3) is 0 Å². The number of carbonyl (C=O) groups excluding carboxylic acids is 2. The number of hydrogen-bond acceptors (Lipinski definition) is 3. The summed E-state index contributed by atoms with van der Waals surface area (Å²) in [4.78, 5) is 25.7. The fourth-order valence-electron chi connectivity index (χ4n) is 12.0. The van der Waals surface area contributed by atoms with Crippen LogP contribution in [-0.2, 0) is 14.3 Å². The molecule has 0 aromatic rings. The second kappa shape index (κ2) is 9.32. The molecule has 0 aliphatic heterocycles. The lowest BCUT2D eigenvalue weighted by Gasteiger charge is -2.67. The number of esters is 1. The van der Waals surface area contributed by atoms with Crippen molar-refractivity contribution in [3.05, 3.63) is 23.3 Å². The third-order valence-corrected chi connectivity index (χ3v) is 14.3. The van der Waals surface area contributed by atoms with Gasteiger partial charge in [0, 0.05) is 0 Å². The number of rotatable bonds is 4. The van der Waals surface area contributed by atoms with Crippen LogP contribution in [0.1, 0.15) is 113 Å². The van der Waals surface area contributed by atoms with Crippen LogP contribution < -0.4 is 0 Å². The van der Waals surface area contributed by atoms with Crippen LogP contribution in [0, 0.1) is 69.5 Å². The van der Waals surface area contributed by atoms with Crippen molar-refractivity contribution in [3.8, 4) is 0 Å². The first-order valence-corrected chi connectivity index (χ1v) is 16.5. The fraction of sp³-hybridized carbons (Fsp3) is 0.833. The van der Waals surface area contributed by atoms with Crippen LogP contribution in [0.5, 0.6) is 0 Å². The van der Waals surface area contributed by atoms with E-state index in [2.05, 4.69) is 55.0 Å². The molecule has 0 aromatic carbocycles. The topological polar surface area (TPSA) is 43.4 Å². The van der Waals surface area contributed by atoms with Crippen LogP contribution in [0.3, 0.4) is 0 Å². The Morgan fingerprint density at radius 3 is 2.26 bits per heavy atom. The second-order valence-electron chi connectivity index (χ2n) is 16.1.